The maximum atomic E-state index is 14.0. The number of morpholine rings is 1. The zero-order valence-electron chi connectivity index (χ0n) is 18.0. The van der Waals surface area contributed by atoms with Crippen LogP contribution in [0, 0.1) is 5.82 Å². The molecule has 1 saturated heterocycles. The molecule has 0 saturated carbocycles. The van der Waals surface area contributed by atoms with E-state index in [2.05, 4.69) is 5.32 Å². The van der Waals surface area contributed by atoms with Crippen molar-refractivity contribution in [2.24, 2.45) is 0 Å². The van der Waals surface area contributed by atoms with E-state index in [0.29, 0.717) is 40.5 Å². The molecule has 1 aromatic heterocycles. The van der Waals surface area contributed by atoms with Crippen LogP contribution in [0.3, 0.4) is 0 Å². The van der Waals surface area contributed by atoms with Gasteiger partial charge in [0.2, 0.25) is 0 Å². The van der Waals surface area contributed by atoms with E-state index in [1.54, 1.807) is 42.5 Å². The lowest BCUT2D eigenvalue weighted by Gasteiger charge is -2.35. The van der Waals surface area contributed by atoms with Crippen LogP contribution in [-0.2, 0) is 11.3 Å². The second-order valence-electron chi connectivity index (χ2n) is 7.99. The molecular weight excluding hydrogens is 427 g/mol. The van der Waals surface area contributed by atoms with Crippen molar-refractivity contribution in [3.63, 3.8) is 0 Å². The van der Waals surface area contributed by atoms with Gasteiger partial charge in [-0.1, -0.05) is 30.3 Å². The van der Waals surface area contributed by atoms with E-state index < -0.39 is 0 Å². The minimum Gasteiger partial charge on any atom is -0.372 e. The van der Waals surface area contributed by atoms with E-state index in [1.165, 1.54) is 17.4 Å². The molecule has 32 heavy (non-hydrogen) atoms. The molecule has 2 amide bonds. The van der Waals surface area contributed by atoms with Crippen molar-refractivity contribution < 1.29 is 18.7 Å². The van der Waals surface area contributed by atoms with Crippen molar-refractivity contribution in [3.8, 4) is 10.4 Å². The van der Waals surface area contributed by atoms with Crippen LogP contribution in [0.5, 0.6) is 0 Å². The summed E-state index contributed by atoms with van der Waals surface area (Å²) in [6.45, 7) is 5.43. The molecular formula is C25H25FN2O3S. The molecule has 1 aliphatic rings. The molecule has 1 aliphatic heterocycles. The van der Waals surface area contributed by atoms with Crippen LogP contribution < -0.4 is 5.32 Å². The molecule has 7 heteroatoms. The molecule has 0 bridgehead atoms. The van der Waals surface area contributed by atoms with E-state index in [-0.39, 0.29) is 29.8 Å². The van der Waals surface area contributed by atoms with Gasteiger partial charge in [0.15, 0.2) is 0 Å². The first-order valence-electron chi connectivity index (χ1n) is 10.6. The van der Waals surface area contributed by atoms with E-state index in [4.69, 9.17) is 4.74 Å². The molecule has 0 aliphatic carbocycles. The molecule has 166 valence electrons. The van der Waals surface area contributed by atoms with Crippen molar-refractivity contribution in [2.75, 3.05) is 13.1 Å². The zero-order chi connectivity index (χ0) is 22.7. The lowest BCUT2D eigenvalue weighted by Crippen LogP contribution is -2.48. The average Bonchev–Trinajstić information content (AvgIpc) is 3.27. The quantitative estimate of drug-likeness (QED) is 0.609. The van der Waals surface area contributed by atoms with E-state index >= 15 is 0 Å². The maximum Gasteiger partial charge on any atom is 0.261 e. The number of nitrogens with one attached hydrogen (secondary N) is 1. The van der Waals surface area contributed by atoms with Crippen LogP contribution in [0.4, 0.5) is 4.39 Å². The molecule has 0 spiro atoms. The van der Waals surface area contributed by atoms with Gasteiger partial charge in [0, 0.05) is 35.6 Å². The lowest BCUT2D eigenvalue weighted by atomic mass is 10.1. The Morgan fingerprint density at radius 1 is 1.03 bits per heavy atom. The van der Waals surface area contributed by atoms with Crippen LogP contribution in [0.1, 0.15) is 39.4 Å². The first-order chi connectivity index (χ1) is 15.4. The van der Waals surface area contributed by atoms with Gasteiger partial charge in [0.25, 0.3) is 11.8 Å². The highest BCUT2D eigenvalue weighted by Gasteiger charge is 2.26. The zero-order valence-corrected chi connectivity index (χ0v) is 18.8. The summed E-state index contributed by atoms with van der Waals surface area (Å²) in [7, 11) is 0. The Balaban J connectivity index is 1.35. The summed E-state index contributed by atoms with van der Waals surface area (Å²) in [5.74, 6) is -0.534. The van der Waals surface area contributed by atoms with E-state index in [9.17, 15) is 14.0 Å². The molecule has 3 aromatic rings. The maximum absolute atomic E-state index is 14.0. The third-order valence-electron chi connectivity index (χ3n) is 5.33. The Kier molecular flexibility index (Phi) is 6.67. The molecule has 0 radical (unpaired) electrons. The van der Waals surface area contributed by atoms with Gasteiger partial charge in [-0.15, -0.1) is 11.3 Å². The highest BCUT2D eigenvalue weighted by atomic mass is 32.1. The summed E-state index contributed by atoms with van der Waals surface area (Å²) in [6, 6.07) is 17.2. The number of thiophene rings is 1. The van der Waals surface area contributed by atoms with Crippen LogP contribution in [0.2, 0.25) is 0 Å². The number of amides is 2. The minimum atomic E-state index is -0.308. The molecule has 4 rings (SSSR count). The van der Waals surface area contributed by atoms with Gasteiger partial charge in [-0.05, 0) is 49.7 Å². The fourth-order valence-corrected chi connectivity index (χ4v) is 4.78. The Morgan fingerprint density at radius 3 is 2.41 bits per heavy atom. The highest BCUT2D eigenvalue weighted by Crippen LogP contribution is 2.30. The van der Waals surface area contributed by atoms with E-state index in [0.717, 1.165) is 5.56 Å². The standard InChI is InChI=1S/C25H25FN2O3S/c1-16-14-28(15-17(2)31-16)25(30)19-9-7-18(8-10-19)13-27-24(29)23-12-11-22(32-23)20-5-3-4-6-21(20)26/h3-12,16-17H,13-15H2,1-2H3,(H,27,29). The Hall–Kier alpha value is -3.03. The van der Waals surface area contributed by atoms with Gasteiger partial charge in [0.05, 0.1) is 17.1 Å². The Labute approximate surface area is 190 Å². The third-order valence-corrected chi connectivity index (χ3v) is 6.45. The van der Waals surface area contributed by atoms with Crippen molar-refractivity contribution in [1.82, 2.24) is 10.2 Å². The predicted molar refractivity (Wildman–Crippen MR) is 123 cm³/mol. The van der Waals surface area contributed by atoms with Crippen LogP contribution >= 0.6 is 11.3 Å². The first kappa shape index (κ1) is 22.2. The molecule has 2 atom stereocenters. The van der Waals surface area contributed by atoms with Crippen LogP contribution in [0.25, 0.3) is 10.4 Å². The van der Waals surface area contributed by atoms with Crippen molar-refractivity contribution in [1.29, 1.82) is 0 Å². The highest BCUT2D eigenvalue weighted by molar-refractivity contribution is 7.17. The average molecular weight is 453 g/mol. The first-order valence-corrected chi connectivity index (χ1v) is 11.4. The normalized spacial score (nSPS) is 18.4. The molecule has 2 aromatic carbocycles. The summed E-state index contributed by atoms with van der Waals surface area (Å²) >= 11 is 1.25. The number of benzene rings is 2. The smallest absolute Gasteiger partial charge is 0.261 e. The summed E-state index contributed by atoms with van der Waals surface area (Å²) < 4.78 is 19.7. The van der Waals surface area contributed by atoms with Crippen molar-refractivity contribution in [3.05, 3.63) is 82.5 Å². The summed E-state index contributed by atoms with van der Waals surface area (Å²) in [4.78, 5) is 28.3. The van der Waals surface area contributed by atoms with Gasteiger partial charge in [0.1, 0.15) is 5.82 Å². The van der Waals surface area contributed by atoms with Gasteiger partial charge < -0.3 is 15.0 Å². The number of nitrogens with zero attached hydrogens (tertiary/aromatic N) is 1. The molecule has 2 unspecified atom stereocenters. The summed E-state index contributed by atoms with van der Waals surface area (Å²) in [5, 5.41) is 2.88. The topological polar surface area (TPSA) is 58.6 Å². The Bertz CT molecular complexity index is 1100. The number of hydrogen-bond acceptors (Lipinski definition) is 4. The SMILES string of the molecule is CC1CN(C(=O)c2ccc(CNC(=O)c3ccc(-c4ccccc4F)s3)cc2)CC(C)O1. The van der Waals surface area contributed by atoms with Gasteiger partial charge in [-0.25, -0.2) is 4.39 Å². The second-order valence-corrected chi connectivity index (χ2v) is 9.07. The van der Waals surface area contributed by atoms with Crippen molar-refractivity contribution in [2.45, 2.75) is 32.6 Å². The number of carbonyl (C=O) groups excluding carboxylic acids is 2. The summed E-state index contributed by atoms with van der Waals surface area (Å²) in [5.41, 5.74) is 2.00. The summed E-state index contributed by atoms with van der Waals surface area (Å²) in [6.07, 6.45) is 0.0432. The van der Waals surface area contributed by atoms with E-state index in [1.807, 2.05) is 30.9 Å². The molecule has 5 nitrogen and oxygen atoms in total. The second kappa shape index (κ2) is 9.63. The third kappa shape index (κ3) is 5.06. The van der Waals surface area contributed by atoms with Gasteiger partial charge in [-0.3, -0.25) is 9.59 Å². The number of rotatable bonds is 5. The van der Waals surface area contributed by atoms with Gasteiger partial charge >= 0.3 is 0 Å². The fraction of sp³-hybridized carbons (Fsp3) is 0.280. The monoisotopic (exact) mass is 452 g/mol. The Morgan fingerprint density at radius 2 is 1.72 bits per heavy atom. The number of ether oxygens (including phenoxy) is 1. The molecule has 1 N–H and O–H groups in total. The van der Waals surface area contributed by atoms with Crippen LogP contribution in [0.15, 0.2) is 60.7 Å². The number of halogens is 1. The number of hydrogen-bond donors (Lipinski definition) is 1. The minimum absolute atomic E-state index is 0.0122. The molecule has 2 heterocycles. The van der Waals surface area contributed by atoms with Crippen LogP contribution in [-0.4, -0.2) is 42.0 Å². The molecule has 1 fully saturated rings. The lowest BCUT2D eigenvalue weighted by molar-refractivity contribution is -0.0586. The fourth-order valence-electron chi connectivity index (χ4n) is 3.83. The predicted octanol–water partition coefficient (Wildman–Crippen LogP) is 4.73. The van der Waals surface area contributed by atoms with Crippen molar-refractivity contribution >= 4 is 23.2 Å². The largest absolute Gasteiger partial charge is 0.372 e. The van der Waals surface area contributed by atoms with Gasteiger partial charge in [-0.2, -0.15) is 0 Å². The number of carbonyl (C=O) groups is 2.